The molecule has 2 rings (SSSR count). The third-order valence-corrected chi connectivity index (χ3v) is 5.17. The van der Waals surface area contributed by atoms with Gasteiger partial charge in [0.1, 0.15) is 0 Å². The summed E-state index contributed by atoms with van der Waals surface area (Å²) < 4.78 is 171. The van der Waals surface area contributed by atoms with Gasteiger partial charge in [-0.2, -0.15) is 52.7 Å². The number of halogens is 12. The SMILES string of the molecule is CC(C)OBOC(C)(Cc1cc(C(F)(F)F)cc(C(F)(F)F)c1)c1cc(C(F)(F)F)cc(C(F)(F)F)c1. The molecule has 0 amide bonds. The Morgan fingerprint density at radius 3 is 1.24 bits per heavy atom. The molecule has 2 nitrogen and oxygen atoms in total. The van der Waals surface area contributed by atoms with Crippen LogP contribution in [0.5, 0.6) is 0 Å². The number of hydrogen-bond donors (Lipinski definition) is 0. The Bertz CT molecular complexity index is 1020. The first kappa shape index (κ1) is 30.8. The molecule has 1 unspecified atom stereocenters. The van der Waals surface area contributed by atoms with E-state index in [0.29, 0.717) is 24.3 Å². The third kappa shape index (κ3) is 8.29. The van der Waals surface area contributed by atoms with Gasteiger partial charge >= 0.3 is 32.4 Å². The van der Waals surface area contributed by atoms with Crippen LogP contribution in [-0.2, 0) is 46.0 Å². The fourth-order valence-corrected chi connectivity index (χ4v) is 3.31. The van der Waals surface area contributed by atoms with Crippen LogP contribution in [0.25, 0.3) is 0 Å². The van der Waals surface area contributed by atoms with Crippen LogP contribution >= 0.6 is 0 Å². The van der Waals surface area contributed by atoms with Gasteiger partial charge in [0, 0.05) is 12.5 Å². The molecule has 0 aliphatic rings. The first-order valence-electron chi connectivity index (χ1n) is 10.4. The van der Waals surface area contributed by atoms with Crippen molar-refractivity contribution in [2.24, 2.45) is 0 Å². The van der Waals surface area contributed by atoms with E-state index in [2.05, 4.69) is 0 Å². The number of hydrogen-bond acceptors (Lipinski definition) is 2. The Kier molecular flexibility index (Phi) is 8.65. The van der Waals surface area contributed by atoms with Gasteiger partial charge in [0.2, 0.25) is 0 Å². The van der Waals surface area contributed by atoms with Crippen LogP contribution in [0.4, 0.5) is 52.7 Å². The van der Waals surface area contributed by atoms with E-state index in [-0.39, 0.29) is 12.1 Å². The van der Waals surface area contributed by atoms with Gasteiger partial charge in [-0.25, -0.2) is 0 Å². The summed E-state index contributed by atoms with van der Waals surface area (Å²) >= 11 is 0. The number of benzene rings is 2. The van der Waals surface area contributed by atoms with Crippen LogP contribution < -0.4 is 0 Å². The van der Waals surface area contributed by atoms with E-state index < -0.39 is 83.9 Å². The third-order valence-electron chi connectivity index (χ3n) is 5.17. The van der Waals surface area contributed by atoms with E-state index >= 15 is 0 Å². The smallest absolute Gasteiger partial charge is 0.412 e. The molecular weight excluding hydrogens is 535 g/mol. The Labute approximate surface area is 203 Å². The topological polar surface area (TPSA) is 18.5 Å². The van der Waals surface area contributed by atoms with Crippen LogP contribution in [0.2, 0.25) is 0 Å². The Balaban J connectivity index is 2.75. The summed E-state index contributed by atoms with van der Waals surface area (Å²) in [6.45, 7) is 3.96. The van der Waals surface area contributed by atoms with Gasteiger partial charge in [-0.1, -0.05) is 0 Å². The van der Waals surface area contributed by atoms with Crippen molar-refractivity contribution in [1.29, 1.82) is 0 Å². The van der Waals surface area contributed by atoms with Gasteiger partial charge in [-0.05, 0) is 68.3 Å². The molecule has 0 radical (unpaired) electrons. The molecule has 0 fully saturated rings. The second-order valence-corrected chi connectivity index (χ2v) is 8.59. The van der Waals surface area contributed by atoms with Crippen molar-refractivity contribution in [3.05, 3.63) is 69.8 Å². The lowest BCUT2D eigenvalue weighted by atomic mass is 9.85. The standard InChI is InChI=1S/C22H19BF12O2/c1-11(2)36-23-37-18(3,13-6-16(21(30,31)32)9-17(7-13)22(33,34)35)10-12-4-14(19(24,25)26)8-15(5-12)20(27,28)29/h4-9,11,23H,10H2,1-3H3. The van der Waals surface area contributed by atoms with E-state index in [0.717, 1.165) is 6.92 Å². The molecular formula is C22H19BF12O2. The summed E-state index contributed by atoms with van der Waals surface area (Å²) in [5, 5.41) is 0. The van der Waals surface area contributed by atoms with Gasteiger partial charge in [0.05, 0.1) is 27.9 Å². The summed E-state index contributed by atoms with van der Waals surface area (Å²) in [5.41, 5.74) is -10.7. The summed E-state index contributed by atoms with van der Waals surface area (Å²) in [5.74, 6) is 0. The van der Waals surface area contributed by atoms with Crippen molar-refractivity contribution in [3.8, 4) is 0 Å². The molecule has 2 aromatic carbocycles. The van der Waals surface area contributed by atoms with Crippen molar-refractivity contribution in [2.75, 3.05) is 0 Å². The average molecular weight is 554 g/mol. The molecule has 2 aromatic rings. The molecule has 0 bridgehead atoms. The zero-order chi connectivity index (χ0) is 28.6. The zero-order valence-electron chi connectivity index (χ0n) is 19.3. The quantitative estimate of drug-likeness (QED) is 0.256. The highest BCUT2D eigenvalue weighted by atomic mass is 19.4. The minimum absolute atomic E-state index is 0.157. The lowest BCUT2D eigenvalue weighted by Crippen LogP contribution is -2.33. The first-order valence-corrected chi connectivity index (χ1v) is 10.4. The molecule has 37 heavy (non-hydrogen) atoms. The van der Waals surface area contributed by atoms with Crippen molar-refractivity contribution in [3.63, 3.8) is 0 Å². The molecule has 15 heteroatoms. The maximum Gasteiger partial charge on any atom is 0.438 e. The summed E-state index contributed by atoms with van der Waals surface area (Å²) in [4.78, 5) is 0. The van der Waals surface area contributed by atoms with E-state index in [9.17, 15) is 52.7 Å². The highest BCUT2D eigenvalue weighted by molar-refractivity contribution is 6.18. The maximum absolute atomic E-state index is 13.4. The minimum atomic E-state index is -5.26. The molecule has 0 N–H and O–H groups in total. The molecule has 0 aliphatic carbocycles. The molecule has 1 atom stereocenters. The summed E-state index contributed by atoms with van der Waals surface area (Å²) in [7, 11) is -0.739. The largest absolute Gasteiger partial charge is 0.438 e. The van der Waals surface area contributed by atoms with Gasteiger partial charge in [0.15, 0.2) is 0 Å². The van der Waals surface area contributed by atoms with Crippen molar-refractivity contribution < 1.29 is 62.0 Å². The Hall–Kier alpha value is -2.42. The Morgan fingerprint density at radius 2 is 0.919 bits per heavy atom. The summed E-state index contributed by atoms with van der Waals surface area (Å²) in [6.07, 6.45) is -22.5. The van der Waals surface area contributed by atoms with Gasteiger partial charge in [-0.3, -0.25) is 0 Å². The lowest BCUT2D eigenvalue weighted by Gasteiger charge is -2.33. The highest BCUT2D eigenvalue weighted by Gasteiger charge is 2.41. The number of alkyl halides is 12. The van der Waals surface area contributed by atoms with Crippen LogP contribution in [0.3, 0.4) is 0 Å². The molecule has 0 aromatic heterocycles. The molecule has 0 heterocycles. The van der Waals surface area contributed by atoms with Gasteiger partial charge < -0.3 is 9.31 Å². The van der Waals surface area contributed by atoms with Crippen molar-refractivity contribution >= 4 is 7.69 Å². The fourth-order valence-electron chi connectivity index (χ4n) is 3.31. The van der Waals surface area contributed by atoms with Crippen LogP contribution in [0.1, 0.15) is 54.2 Å². The van der Waals surface area contributed by atoms with Gasteiger partial charge in [0.25, 0.3) is 0 Å². The Morgan fingerprint density at radius 1 is 0.595 bits per heavy atom. The lowest BCUT2D eigenvalue weighted by molar-refractivity contribution is -0.145. The highest BCUT2D eigenvalue weighted by Crippen LogP contribution is 2.42. The first-order chi connectivity index (χ1) is 16.5. The average Bonchev–Trinajstić information content (AvgIpc) is 2.70. The van der Waals surface area contributed by atoms with Crippen molar-refractivity contribution in [1.82, 2.24) is 0 Å². The van der Waals surface area contributed by atoms with Crippen LogP contribution in [0.15, 0.2) is 36.4 Å². The van der Waals surface area contributed by atoms with E-state index in [1.54, 1.807) is 0 Å². The van der Waals surface area contributed by atoms with Crippen LogP contribution in [-0.4, -0.2) is 13.8 Å². The molecule has 0 saturated carbocycles. The monoisotopic (exact) mass is 554 g/mol. The predicted molar refractivity (Wildman–Crippen MR) is 108 cm³/mol. The molecule has 0 spiro atoms. The van der Waals surface area contributed by atoms with E-state index in [1.165, 1.54) is 13.8 Å². The van der Waals surface area contributed by atoms with Crippen LogP contribution in [0, 0.1) is 0 Å². The minimum Gasteiger partial charge on any atom is -0.412 e. The van der Waals surface area contributed by atoms with E-state index in [4.69, 9.17) is 9.31 Å². The molecule has 0 saturated heterocycles. The van der Waals surface area contributed by atoms with Crippen molar-refractivity contribution in [2.45, 2.75) is 63.6 Å². The second-order valence-electron chi connectivity index (χ2n) is 8.59. The zero-order valence-corrected chi connectivity index (χ0v) is 19.3. The maximum atomic E-state index is 13.4. The van der Waals surface area contributed by atoms with E-state index in [1.807, 2.05) is 0 Å². The summed E-state index contributed by atoms with van der Waals surface area (Å²) in [6, 6.07) is 0.902. The molecule has 206 valence electrons. The fraction of sp³-hybridized carbons (Fsp3) is 0.455. The normalized spacial score (nSPS) is 15.1. The number of rotatable bonds is 7. The predicted octanol–water partition coefficient (Wildman–Crippen LogP) is 7.93. The second kappa shape index (κ2) is 10.4. The van der Waals surface area contributed by atoms with Gasteiger partial charge in [-0.15, -0.1) is 0 Å². The molecule has 0 aliphatic heterocycles.